The SMILES string of the molecule is CCc1ccccc1OCCN1CCCC(N)C1.Cl.Cl. The largest absolute Gasteiger partial charge is 0.492 e. The minimum atomic E-state index is 0. The van der Waals surface area contributed by atoms with E-state index in [0.717, 1.165) is 44.8 Å². The topological polar surface area (TPSA) is 38.5 Å². The number of likely N-dealkylation sites (tertiary alicyclic amines) is 1. The molecular formula is C15H26Cl2N2O. The van der Waals surface area contributed by atoms with Crippen molar-refractivity contribution in [3.05, 3.63) is 29.8 Å². The fraction of sp³-hybridized carbons (Fsp3) is 0.600. The third kappa shape index (κ3) is 5.88. The van der Waals surface area contributed by atoms with Gasteiger partial charge in [-0.3, -0.25) is 4.90 Å². The second-order valence-corrected chi connectivity index (χ2v) is 5.01. The van der Waals surface area contributed by atoms with Gasteiger partial charge in [-0.2, -0.15) is 0 Å². The van der Waals surface area contributed by atoms with Gasteiger partial charge in [0.05, 0.1) is 0 Å². The quantitative estimate of drug-likeness (QED) is 0.906. The number of rotatable bonds is 5. The molecule has 0 aromatic heterocycles. The van der Waals surface area contributed by atoms with Crippen LogP contribution in [0.4, 0.5) is 0 Å². The number of aryl methyl sites for hydroxylation is 1. The van der Waals surface area contributed by atoms with Crippen LogP contribution in [0.2, 0.25) is 0 Å². The Balaban J connectivity index is 0.00000180. The Labute approximate surface area is 134 Å². The standard InChI is InChI=1S/C15H24N2O.2ClH/c1-2-13-6-3-4-8-15(13)18-11-10-17-9-5-7-14(16)12-17;;/h3-4,6,8,14H,2,5,7,9-12,16H2,1H3;2*1H. The van der Waals surface area contributed by atoms with Crippen molar-refractivity contribution in [3.8, 4) is 5.75 Å². The van der Waals surface area contributed by atoms with Gasteiger partial charge in [0.25, 0.3) is 0 Å². The summed E-state index contributed by atoms with van der Waals surface area (Å²) in [6.07, 6.45) is 3.40. The van der Waals surface area contributed by atoms with E-state index in [2.05, 4.69) is 30.0 Å². The molecule has 0 saturated carbocycles. The first-order chi connectivity index (χ1) is 8.79. The fourth-order valence-corrected chi connectivity index (χ4v) is 2.52. The molecule has 1 aromatic rings. The minimum Gasteiger partial charge on any atom is -0.492 e. The van der Waals surface area contributed by atoms with Crippen LogP contribution in [0.5, 0.6) is 5.75 Å². The number of nitrogens with two attached hydrogens (primary N) is 1. The average molecular weight is 321 g/mol. The zero-order chi connectivity index (χ0) is 12.8. The summed E-state index contributed by atoms with van der Waals surface area (Å²) in [7, 11) is 0. The summed E-state index contributed by atoms with van der Waals surface area (Å²) in [4.78, 5) is 2.41. The number of ether oxygens (including phenoxy) is 1. The van der Waals surface area contributed by atoms with Crippen molar-refractivity contribution >= 4 is 24.8 Å². The number of nitrogens with zero attached hydrogens (tertiary/aromatic N) is 1. The van der Waals surface area contributed by atoms with E-state index in [4.69, 9.17) is 10.5 Å². The maximum atomic E-state index is 5.97. The lowest BCUT2D eigenvalue weighted by Gasteiger charge is -2.30. The van der Waals surface area contributed by atoms with Gasteiger partial charge in [0.2, 0.25) is 0 Å². The van der Waals surface area contributed by atoms with E-state index in [1.165, 1.54) is 12.0 Å². The van der Waals surface area contributed by atoms with Gasteiger partial charge < -0.3 is 10.5 Å². The molecule has 3 nitrogen and oxygen atoms in total. The molecule has 1 aromatic carbocycles. The Hall–Kier alpha value is -0.480. The zero-order valence-electron chi connectivity index (χ0n) is 12.1. The van der Waals surface area contributed by atoms with Gasteiger partial charge >= 0.3 is 0 Å². The second-order valence-electron chi connectivity index (χ2n) is 5.01. The van der Waals surface area contributed by atoms with Crippen LogP contribution in [0, 0.1) is 0 Å². The summed E-state index contributed by atoms with van der Waals surface area (Å²) in [6, 6.07) is 8.63. The predicted molar refractivity (Wildman–Crippen MR) is 89.5 cm³/mol. The number of benzene rings is 1. The van der Waals surface area contributed by atoms with E-state index in [1.54, 1.807) is 0 Å². The highest BCUT2D eigenvalue weighted by atomic mass is 35.5. The van der Waals surface area contributed by atoms with Gasteiger partial charge in [-0.05, 0) is 37.4 Å². The van der Waals surface area contributed by atoms with Crippen molar-refractivity contribution in [2.75, 3.05) is 26.2 Å². The number of para-hydroxylation sites is 1. The first kappa shape index (κ1) is 19.5. The normalized spacial score (nSPS) is 18.8. The highest BCUT2D eigenvalue weighted by Crippen LogP contribution is 2.18. The third-order valence-electron chi connectivity index (χ3n) is 3.56. The smallest absolute Gasteiger partial charge is 0.122 e. The van der Waals surface area contributed by atoms with Crippen LogP contribution in [0.15, 0.2) is 24.3 Å². The molecule has 0 bridgehead atoms. The van der Waals surface area contributed by atoms with Crippen LogP contribution in [0.1, 0.15) is 25.3 Å². The Kier molecular flexibility index (Phi) is 10.0. The molecule has 1 aliphatic rings. The Bertz CT molecular complexity index is 377. The average Bonchev–Trinajstić information content (AvgIpc) is 2.39. The molecule has 5 heteroatoms. The van der Waals surface area contributed by atoms with E-state index in [0.29, 0.717) is 6.04 Å². The van der Waals surface area contributed by atoms with Gasteiger partial charge in [-0.1, -0.05) is 25.1 Å². The Morgan fingerprint density at radius 2 is 2.05 bits per heavy atom. The van der Waals surface area contributed by atoms with Crippen molar-refractivity contribution in [1.29, 1.82) is 0 Å². The molecule has 1 saturated heterocycles. The fourth-order valence-electron chi connectivity index (χ4n) is 2.52. The van der Waals surface area contributed by atoms with Gasteiger partial charge in [0.1, 0.15) is 12.4 Å². The van der Waals surface area contributed by atoms with Crippen molar-refractivity contribution in [2.24, 2.45) is 5.73 Å². The monoisotopic (exact) mass is 320 g/mol. The molecule has 2 N–H and O–H groups in total. The molecule has 116 valence electrons. The van der Waals surface area contributed by atoms with Gasteiger partial charge in [0, 0.05) is 19.1 Å². The van der Waals surface area contributed by atoms with E-state index in [-0.39, 0.29) is 24.8 Å². The number of hydrogen-bond donors (Lipinski definition) is 1. The zero-order valence-corrected chi connectivity index (χ0v) is 13.7. The maximum absolute atomic E-state index is 5.97. The second kappa shape index (κ2) is 10.3. The first-order valence-corrected chi connectivity index (χ1v) is 6.98. The van der Waals surface area contributed by atoms with Crippen molar-refractivity contribution in [1.82, 2.24) is 4.90 Å². The summed E-state index contributed by atoms with van der Waals surface area (Å²) in [6.45, 7) is 6.06. The highest BCUT2D eigenvalue weighted by molar-refractivity contribution is 5.85. The molecular weight excluding hydrogens is 295 g/mol. The molecule has 1 unspecified atom stereocenters. The Morgan fingerprint density at radius 3 is 2.75 bits per heavy atom. The molecule has 1 atom stereocenters. The number of piperidine rings is 1. The summed E-state index contributed by atoms with van der Waals surface area (Å²) in [5, 5.41) is 0. The molecule has 2 rings (SSSR count). The van der Waals surface area contributed by atoms with E-state index < -0.39 is 0 Å². The molecule has 20 heavy (non-hydrogen) atoms. The summed E-state index contributed by atoms with van der Waals surface area (Å²) >= 11 is 0. The van der Waals surface area contributed by atoms with Gasteiger partial charge in [-0.15, -0.1) is 24.8 Å². The lowest BCUT2D eigenvalue weighted by atomic mass is 10.1. The molecule has 1 fully saturated rings. The third-order valence-corrected chi connectivity index (χ3v) is 3.56. The van der Waals surface area contributed by atoms with Crippen LogP contribution >= 0.6 is 24.8 Å². The molecule has 0 amide bonds. The molecule has 0 radical (unpaired) electrons. The van der Waals surface area contributed by atoms with Crippen LogP contribution in [0.3, 0.4) is 0 Å². The van der Waals surface area contributed by atoms with E-state index in [9.17, 15) is 0 Å². The van der Waals surface area contributed by atoms with Crippen LogP contribution < -0.4 is 10.5 Å². The molecule has 0 spiro atoms. The number of hydrogen-bond acceptors (Lipinski definition) is 3. The van der Waals surface area contributed by atoms with Crippen molar-refractivity contribution in [2.45, 2.75) is 32.2 Å². The molecule has 1 heterocycles. The summed E-state index contributed by atoms with van der Waals surface area (Å²) in [5.74, 6) is 1.03. The van der Waals surface area contributed by atoms with Crippen molar-refractivity contribution < 1.29 is 4.74 Å². The lowest BCUT2D eigenvalue weighted by Crippen LogP contribution is -2.44. The van der Waals surface area contributed by atoms with E-state index >= 15 is 0 Å². The first-order valence-electron chi connectivity index (χ1n) is 6.98. The summed E-state index contributed by atoms with van der Waals surface area (Å²) < 4.78 is 5.88. The van der Waals surface area contributed by atoms with E-state index in [1.807, 2.05) is 6.07 Å². The van der Waals surface area contributed by atoms with Crippen LogP contribution in [-0.4, -0.2) is 37.2 Å². The predicted octanol–water partition coefficient (Wildman–Crippen LogP) is 2.89. The van der Waals surface area contributed by atoms with Gasteiger partial charge in [-0.25, -0.2) is 0 Å². The van der Waals surface area contributed by atoms with Crippen molar-refractivity contribution in [3.63, 3.8) is 0 Å². The maximum Gasteiger partial charge on any atom is 0.122 e. The molecule has 1 aliphatic heterocycles. The number of halogens is 2. The van der Waals surface area contributed by atoms with Crippen LogP contribution in [0.25, 0.3) is 0 Å². The Morgan fingerprint density at radius 1 is 1.30 bits per heavy atom. The highest BCUT2D eigenvalue weighted by Gasteiger charge is 2.16. The summed E-state index contributed by atoms with van der Waals surface area (Å²) in [5.41, 5.74) is 7.26. The van der Waals surface area contributed by atoms with Gasteiger partial charge in [0.15, 0.2) is 0 Å². The minimum absolute atomic E-state index is 0. The van der Waals surface area contributed by atoms with Crippen LogP contribution in [-0.2, 0) is 6.42 Å². The molecule has 0 aliphatic carbocycles. The lowest BCUT2D eigenvalue weighted by molar-refractivity contribution is 0.170.